The second kappa shape index (κ2) is 5.55. The number of carbonyl (C=O) groups is 1. The van der Waals surface area contributed by atoms with Crippen LogP contribution in [0, 0.1) is 11.3 Å². The largest absolute Gasteiger partial charge is 0.319 e. The van der Waals surface area contributed by atoms with Crippen LogP contribution >= 0.6 is 11.6 Å². The highest BCUT2D eigenvalue weighted by Crippen LogP contribution is 2.20. The maximum atomic E-state index is 12.0. The minimum atomic E-state index is -0.528. The van der Waals surface area contributed by atoms with Gasteiger partial charge < -0.3 is 5.32 Å². The summed E-state index contributed by atoms with van der Waals surface area (Å²) < 4.78 is 1.05. The second-order valence-corrected chi connectivity index (χ2v) is 4.37. The number of carbonyl (C=O) groups excluding carboxylic acids is 1. The van der Waals surface area contributed by atoms with Crippen LogP contribution in [0.5, 0.6) is 0 Å². The molecule has 0 saturated carbocycles. The molecule has 0 fully saturated rings. The molecule has 1 heterocycles. The lowest BCUT2D eigenvalue weighted by molar-refractivity contribution is 0.102. The molecule has 1 aromatic heterocycles. The smallest absolute Gasteiger partial charge is 0.276 e. The van der Waals surface area contributed by atoms with E-state index in [-0.39, 0.29) is 16.8 Å². The van der Waals surface area contributed by atoms with Gasteiger partial charge in [0.2, 0.25) is 0 Å². The Hall–Kier alpha value is -2.65. The van der Waals surface area contributed by atoms with Gasteiger partial charge in [0.25, 0.3) is 11.5 Å². The van der Waals surface area contributed by atoms with Crippen molar-refractivity contribution in [3.63, 3.8) is 0 Å². The lowest BCUT2D eigenvalue weighted by Gasteiger charge is -2.07. The number of nitriles is 1. The molecule has 0 bridgehead atoms. The lowest BCUT2D eigenvalue weighted by atomic mass is 10.2. The van der Waals surface area contributed by atoms with Gasteiger partial charge in [0.1, 0.15) is 11.8 Å². The summed E-state index contributed by atoms with van der Waals surface area (Å²) >= 11 is 5.83. The summed E-state index contributed by atoms with van der Waals surface area (Å²) in [5.41, 5.74) is 0.325. The molecule has 2 rings (SSSR count). The van der Waals surface area contributed by atoms with Crippen molar-refractivity contribution in [2.45, 2.75) is 0 Å². The molecule has 100 valence electrons. The first-order chi connectivity index (χ1) is 9.51. The predicted octanol–water partition coefficient (Wildman–Crippen LogP) is 1.56. The summed E-state index contributed by atoms with van der Waals surface area (Å²) in [5.74, 6) is -0.528. The second-order valence-electron chi connectivity index (χ2n) is 3.94. The third-order valence-corrected chi connectivity index (χ3v) is 2.78. The maximum absolute atomic E-state index is 12.0. The van der Waals surface area contributed by atoms with Crippen LogP contribution in [0.25, 0.3) is 0 Å². The monoisotopic (exact) mass is 288 g/mol. The number of aromatic nitrogens is 2. The molecule has 0 spiro atoms. The Morgan fingerprint density at radius 1 is 1.40 bits per heavy atom. The Labute approximate surface area is 119 Å². The first-order valence-corrected chi connectivity index (χ1v) is 5.94. The molecule has 20 heavy (non-hydrogen) atoms. The van der Waals surface area contributed by atoms with Crippen molar-refractivity contribution >= 4 is 23.2 Å². The fourth-order valence-corrected chi connectivity index (χ4v) is 1.70. The van der Waals surface area contributed by atoms with Gasteiger partial charge in [0.15, 0.2) is 0 Å². The molecule has 0 aliphatic carbocycles. The van der Waals surface area contributed by atoms with Gasteiger partial charge in [-0.15, -0.1) is 0 Å². The van der Waals surface area contributed by atoms with Crippen molar-refractivity contribution in [1.82, 2.24) is 9.78 Å². The van der Waals surface area contributed by atoms with E-state index in [1.54, 1.807) is 6.07 Å². The number of nitrogens with one attached hydrogen (secondary N) is 1. The minimum Gasteiger partial charge on any atom is -0.319 e. The van der Waals surface area contributed by atoms with Crippen LogP contribution in [-0.2, 0) is 7.05 Å². The van der Waals surface area contributed by atoms with E-state index >= 15 is 0 Å². The summed E-state index contributed by atoms with van der Waals surface area (Å²) in [6.07, 6.45) is 0. The third-order valence-electron chi connectivity index (χ3n) is 2.54. The van der Waals surface area contributed by atoms with E-state index < -0.39 is 5.91 Å². The van der Waals surface area contributed by atoms with Gasteiger partial charge in [0, 0.05) is 18.1 Å². The number of amides is 1. The Morgan fingerprint density at radius 3 is 2.80 bits per heavy atom. The zero-order valence-corrected chi connectivity index (χ0v) is 11.2. The molecule has 1 amide bonds. The predicted molar refractivity (Wildman–Crippen MR) is 73.6 cm³/mol. The first-order valence-electron chi connectivity index (χ1n) is 5.56. The standard InChI is InChI=1S/C13H9ClN4O2/c1-18-12(19)5-4-10(17-18)13(20)16-11-6-9(14)3-2-8(11)7-15/h2-6H,1H3,(H,16,20). The van der Waals surface area contributed by atoms with Crippen molar-refractivity contribution in [3.05, 3.63) is 57.0 Å². The fourth-order valence-electron chi connectivity index (χ4n) is 1.53. The topological polar surface area (TPSA) is 87.8 Å². The molecule has 0 aliphatic heterocycles. The molecule has 2 aromatic rings. The van der Waals surface area contributed by atoms with Gasteiger partial charge in [0.05, 0.1) is 11.3 Å². The molecule has 0 atom stereocenters. The number of rotatable bonds is 2. The zero-order valence-electron chi connectivity index (χ0n) is 10.4. The SMILES string of the molecule is Cn1nc(C(=O)Nc2cc(Cl)ccc2C#N)ccc1=O. The van der Waals surface area contributed by atoms with E-state index in [1.807, 2.05) is 6.07 Å². The van der Waals surface area contributed by atoms with Gasteiger partial charge in [-0.2, -0.15) is 10.4 Å². The Balaban J connectivity index is 2.32. The Bertz CT molecular complexity index is 777. The molecular weight excluding hydrogens is 280 g/mol. The number of halogens is 1. The van der Waals surface area contributed by atoms with Crippen LogP contribution in [0.4, 0.5) is 5.69 Å². The molecule has 0 unspecified atom stereocenters. The number of benzene rings is 1. The van der Waals surface area contributed by atoms with Gasteiger partial charge in [-0.1, -0.05) is 11.6 Å². The highest BCUT2D eigenvalue weighted by Gasteiger charge is 2.11. The van der Waals surface area contributed by atoms with Crippen molar-refractivity contribution in [3.8, 4) is 6.07 Å². The van der Waals surface area contributed by atoms with Crippen LogP contribution < -0.4 is 10.9 Å². The first kappa shape index (κ1) is 13.8. The summed E-state index contributed by atoms with van der Waals surface area (Å²) in [7, 11) is 1.44. The van der Waals surface area contributed by atoms with Crippen LogP contribution in [0.1, 0.15) is 16.1 Å². The minimum absolute atomic E-state index is 0.0657. The van der Waals surface area contributed by atoms with E-state index in [2.05, 4.69) is 10.4 Å². The quantitative estimate of drug-likeness (QED) is 0.908. The molecule has 0 saturated heterocycles. The molecule has 0 aliphatic rings. The highest BCUT2D eigenvalue weighted by atomic mass is 35.5. The highest BCUT2D eigenvalue weighted by molar-refractivity contribution is 6.31. The summed E-state index contributed by atoms with van der Waals surface area (Å²) in [6.45, 7) is 0. The maximum Gasteiger partial charge on any atom is 0.276 e. The van der Waals surface area contributed by atoms with Gasteiger partial charge >= 0.3 is 0 Å². The average Bonchev–Trinajstić information content (AvgIpc) is 2.42. The van der Waals surface area contributed by atoms with Crippen molar-refractivity contribution in [2.24, 2.45) is 7.05 Å². The number of hydrogen-bond donors (Lipinski definition) is 1. The molecular formula is C13H9ClN4O2. The molecule has 1 aromatic carbocycles. The van der Waals surface area contributed by atoms with Crippen LogP contribution in [0.2, 0.25) is 5.02 Å². The van der Waals surface area contributed by atoms with Crippen LogP contribution in [-0.4, -0.2) is 15.7 Å². The van der Waals surface area contributed by atoms with Gasteiger partial charge in [-0.05, 0) is 24.3 Å². The number of anilines is 1. The average molecular weight is 289 g/mol. The fraction of sp³-hybridized carbons (Fsp3) is 0.0769. The summed E-state index contributed by atoms with van der Waals surface area (Å²) in [5, 5.41) is 15.7. The van der Waals surface area contributed by atoms with Gasteiger partial charge in [-0.25, -0.2) is 4.68 Å². The van der Waals surface area contributed by atoms with E-state index in [0.717, 1.165) is 4.68 Å². The third kappa shape index (κ3) is 2.84. The Kier molecular flexibility index (Phi) is 3.82. The number of hydrogen-bond acceptors (Lipinski definition) is 4. The molecule has 1 N–H and O–H groups in total. The van der Waals surface area contributed by atoms with Crippen molar-refractivity contribution in [2.75, 3.05) is 5.32 Å². The summed E-state index contributed by atoms with van der Waals surface area (Å²) in [6, 6.07) is 9.04. The summed E-state index contributed by atoms with van der Waals surface area (Å²) in [4.78, 5) is 23.2. The molecule has 0 radical (unpaired) electrons. The van der Waals surface area contributed by atoms with Crippen molar-refractivity contribution < 1.29 is 4.79 Å². The van der Waals surface area contributed by atoms with Crippen molar-refractivity contribution in [1.29, 1.82) is 5.26 Å². The lowest BCUT2D eigenvalue weighted by Crippen LogP contribution is -2.23. The molecule has 6 nitrogen and oxygen atoms in total. The van der Waals surface area contributed by atoms with E-state index in [9.17, 15) is 9.59 Å². The number of nitrogens with zero attached hydrogens (tertiary/aromatic N) is 3. The van der Waals surface area contributed by atoms with Crippen LogP contribution in [0.3, 0.4) is 0 Å². The van der Waals surface area contributed by atoms with E-state index in [0.29, 0.717) is 10.7 Å². The van der Waals surface area contributed by atoms with Gasteiger partial charge in [-0.3, -0.25) is 9.59 Å². The number of aryl methyl sites for hydroxylation is 1. The van der Waals surface area contributed by atoms with E-state index in [1.165, 1.54) is 31.3 Å². The van der Waals surface area contributed by atoms with Crippen LogP contribution in [0.15, 0.2) is 35.1 Å². The van der Waals surface area contributed by atoms with E-state index in [4.69, 9.17) is 16.9 Å². The normalized spacial score (nSPS) is 9.85. The zero-order chi connectivity index (χ0) is 14.7. The Morgan fingerprint density at radius 2 is 2.15 bits per heavy atom. The molecule has 7 heteroatoms.